The van der Waals surface area contributed by atoms with Crippen LogP contribution < -0.4 is 0 Å². The third-order valence-corrected chi connectivity index (χ3v) is 2.46. The lowest BCUT2D eigenvalue weighted by Crippen LogP contribution is -2.39. The number of carboxylic acids is 1. The fraction of sp³-hybridized carbons (Fsp3) is 0.692. The van der Waals surface area contributed by atoms with Crippen LogP contribution in [-0.2, 0) is 9.59 Å². The predicted octanol–water partition coefficient (Wildman–Crippen LogP) is 0.655. The van der Waals surface area contributed by atoms with E-state index in [-0.39, 0.29) is 12.5 Å². The molecule has 0 aliphatic rings. The molecule has 0 rings (SSSR count). The average Bonchev–Trinajstić information content (AvgIpc) is 2.29. The summed E-state index contributed by atoms with van der Waals surface area (Å²) < 4.78 is 0. The third-order valence-electron chi connectivity index (χ3n) is 2.46. The summed E-state index contributed by atoms with van der Waals surface area (Å²) in [6, 6.07) is 0. The maximum Gasteiger partial charge on any atom is 0.323 e. The Labute approximate surface area is 109 Å². The number of unbranched alkanes of at least 4 members (excludes halogenated alkanes) is 2. The topological polar surface area (TPSA) is 60.9 Å². The van der Waals surface area contributed by atoms with E-state index in [1.165, 1.54) is 4.90 Å². The van der Waals surface area contributed by atoms with Crippen molar-refractivity contribution in [3.05, 3.63) is 0 Å². The zero-order valence-electron chi connectivity index (χ0n) is 11.2. The van der Waals surface area contributed by atoms with E-state index >= 15 is 0 Å². The quantitative estimate of drug-likeness (QED) is 0.485. The Hall–Kier alpha value is -1.54. The van der Waals surface area contributed by atoms with Gasteiger partial charge in [-0.3, -0.25) is 9.59 Å². The lowest BCUT2D eigenvalue weighted by atomic mass is 10.2. The first-order valence-corrected chi connectivity index (χ1v) is 6.05. The van der Waals surface area contributed by atoms with Gasteiger partial charge in [0.1, 0.15) is 6.54 Å². The highest BCUT2D eigenvalue weighted by molar-refractivity contribution is 5.81. The summed E-state index contributed by atoms with van der Waals surface area (Å²) in [7, 11) is 3.77. The van der Waals surface area contributed by atoms with Gasteiger partial charge >= 0.3 is 5.97 Å². The van der Waals surface area contributed by atoms with Gasteiger partial charge in [0.05, 0.1) is 0 Å². The zero-order valence-corrected chi connectivity index (χ0v) is 11.2. The van der Waals surface area contributed by atoms with Gasteiger partial charge in [-0.2, -0.15) is 0 Å². The summed E-state index contributed by atoms with van der Waals surface area (Å²) in [5.74, 6) is 1.42. The molecule has 0 spiro atoms. The Kier molecular flexibility index (Phi) is 8.67. The van der Waals surface area contributed by atoms with E-state index in [4.69, 9.17) is 11.5 Å². The van der Waals surface area contributed by atoms with Gasteiger partial charge in [0.2, 0.25) is 5.91 Å². The van der Waals surface area contributed by atoms with Gasteiger partial charge in [0.15, 0.2) is 0 Å². The molecule has 0 saturated heterocycles. The van der Waals surface area contributed by atoms with E-state index < -0.39 is 5.97 Å². The number of likely N-dealkylation sites (N-methyl/N-ethyl adjacent to an activating group) is 1. The molecule has 5 heteroatoms. The number of rotatable bonds is 9. The standard InChI is InChI=1S/C13H22N2O3/c1-4-5-6-7-8-12(16)15(11-13(17)18)10-9-14(2)3/h1H,5-11H2,2-3H3,(H,17,18). The lowest BCUT2D eigenvalue weighted by Gasteiger charge is -2.22. The van der Waals surface area contributed by atoms with Crippen LogP contribution >= 0.6 is 0 Å². The second-order valence-electron chi connectivity index (χ2n) is 4.42. The van der Waals surface area contributed by atoms with Gasteiger partial charge < -0.3 is 14.9 Å². The maximum absolute atomic E-state index is 11.8. The molecule has 18 heavy (non-hydrogen) atoms. The highest BCUT2D eigenvalue weighted by atomic mass is 16.4. The SMILES string of the molecule is C#CCCCCC(=O)N(CCN(C)C)CC(=O)O. The fourth-order valence-electron chi connectivity index (χ4n) is 1.44. The van der Waals surface area contributed by atoms with Crippen LogP contribution in [0.4, 0.5) is 0 Å². The second kappa shape index (κ2) is 9.49. The molecule has 0 aromatic heterocycles. The molecular formula is C13H22N2O3. The number of hydrogen-bond donors (Lipinski definition) is 1. The minimum absolute atomic E-state index is 0.115. The van der Waals surface area contributed by atoms with Gasteiger partial charge in [-0.15, -0.1) is 12.3 Å². The first kappa shape index (κ1) is 16.5. The summed E-state index contributed by atoms with van der Waals surface area (Å²) >= 11 is 0. The number of terminal acetylenes is 1. The first-order chi connectivity index (χ1) is 8.47. The first-order valence-electron chi connectivity index (χ1n) is 6.05. The van der Waals surface area contributed by atoms with Gasteiger partial charge in [-0.1, -0.05) is 0 Å². The van der Waals surface area contributed by atoms with Gasteiger partial charge in [0, 0.05) is 25.9 Å². The number of aliphatic carboxylic acids is 1. The number of amides is 1. The molecule has 0 aliphatic carbocycles. The monoisotopic (exact) mass is 254 g/mol. The second-order valence-corrected chi connectivity index (χ2v) is 4.42. The molecule has 1 amide bonds. The molecule has 102 valence electrons. The molecule has 0 aromatic carbocycles. The van der Waals surface area contributed by atoms with Crippen molar-refractivity contribution < 1.29 is 14.7 Å². The van der Waals surface area contributed by atoms with E-state index in [1.54, 1.807) is 0 Å². The Morgan fingerprint density at radius 1 is 1.22 bits per heavy atom. The summed E-state index contributed by atoms with van der Waals surface area (Å²) in [5.41, 5.74) is 0. The number of carbonyl (C=O) groups is 2. The van der Waals surface area contributed by atoms with Gasteiger partial charge in [-0.05, 0) is 26.9 Å². The third kappa shape index (κ3) is 8.59. The molecule has 0 unspecified atom stereocenters. The van der Waals surface area contributed by atoms with Crippen molar-refractivity contribution in [1.29, 1.82) is 0 Å². The Morgan fingerprint density at radius 3 is 2.39 bits per heavy atom. The van der Waals surface area contributed by atoms with Crippen molar-refractivity contribution in [2.24, 2.45) is 0 Å². The molecule has 0 aromatic rings. The zero-order chi connectivity index (χ0) is 14.0. The largest absolute Gasteiger partial charge is 0.480 e. The van der Waals surface area contributed by atoms with Crippen LogP contribution in [0.25, 0.3) is 0 Å². The smallest absolute Gasteiger partial charge is 0.323 e. The van der Waals surface area contributed by atoms with E-state index in [1.807, 2.05) is 19.0 Å². The minimum Gasteiger partial charge on any atom is -0.480 e. The van der Waals surface area contributed by atoms with Crippen LogP contribution in [0.5, 0.6) is 0 Å². The van der Waals surface area contributed by atoms with E-state index in [2.05, 4.69) is 5.92 Å². The molecule has 0 aliphatic heterocycles. The fourth-order valence-corrected chi connectivity index (χ4v) is 1.44. The normalized spacial score (nSPS) is 10.1. The van der Waals surface area contributed by atoms with Crippen LogP contribution in [0.2, 0.25) is 0 Å². The van der Waals surface area contributed by atoms with Crippen molar-refractivity contribution in [1.82, 2.24) is 9.80 Å². The molecule has 1 N–H and O–H groups in total. The van der Waals surface area contributed by atoms with Crippen LogP contribution in [0.15, 0.2) is 0 Å². The Bertz CT molecular complexity index is 308. The molecule has 0 radical (unpaired) electrons. The van der Waals surface area contributed by atoms with Crippen LogP contribution in [0.3, 0.4) is 0 Å². The van der Waals surface area contributed by atoms with Crippen LogP contribution in [0.1, 0.15) is 25.7 Å². The van der Waals surface area contributed by atoms with Gasteiger partial charge in [0.25, 0.3) is 0 Å². The lowest BCUT2D eigenvalue weighted by molar-refractivity contribution is -0.144. The number of carboxylic acid groups (broad SMARTS) is 1. The predicted molar refractivity (Wildman–Crippen MR) is 70.1 cm³/mol. The summed E-state index contributed by atoms with van der Waals surface area (Å²) in [6.07, 6.45) is 7.66. The molecule has 0 saturated carbocycles. The summed E-state index contributed by atoms with van der Waals surface area (Å²) in [4.78, 5) is 25.9. The van der Waals surface area contributed by atoms with Crippen LogP contribution in [0, 0.1) is 12.3 Å². The Balaban J connectivity index is 4.14. The molecule has 0 bridgehead atoms. The number of hydrogen-bond acceptors (Lipinski definition) is 3. The van der Waals surface area contributed by atoms with Crippen molar-refractivity contribution in [3.8, 4) is 12.3 Å². The maximum atomic E-state index is 11.8. The molecule has 0 atom stereocenters. The van der Waals surface area contributed by atoms with E-state index in [9.17, 15) is 9.59 Å². The molecule has 5 nitrogen and oxygen atoms in total. The van der Waals surface area contributed by atoms with Crippen molar-refractivity contribution in [3.63, 3.8) is 0 Å². The van der Waals surface area contributed by atoms with E-state index in [0.717, 1.165) is 6.42 Å². The van der Waals surface area contributed by atoms with Gasteiger partial charge in [-0.25, -0.2) is 0 Å². The number of nitrogens with zero attached hydrogens (tertiary/aromatic N) is 2. The summed E-state index contributed by atoms with van der Waals surface area (Å²) in [6.45, 7) is 0.860. The average molecular weight is 254 g/mol. The molecule has 0 heterocycles. The molecule has 0 fully saturated rings. The summed E-state index contributed by atoms with van der Waals surface area (Å²) in [5, 5.41) is 8.77. The molecular weight excluding hydrogens is 232 g/mol. The van der Waals surface area contributed by atoms with Crippen molar-refractivity contribution in [2.45, 2.75) is 25.7 Å². The highest BCUT2D eigenvalue weighted by Gasteiger charge is 2.16. The Morgan fingerprint density at radius 2 is 1.89 bits per heavy atom. The van der Waals surface area contributed by atoms with E-state index in [0.29, 0.717) is 32.4 Å². The minimum atomic E-state index is -0.981. The highest BCUT2D eigenvalue weighted by Crippen LogP contribution is 2.03. The van der Waals surface area contributed by atoms with Crippen molar-refractivity contribution >= 4 is 11.9 Å². The van der Waals surface area contributed by atoms with Crippen molar-refractivity contribution in [2.75, 3.05) is 33.7 Å². The van der Waals surface area contributed by atoms with Crippen LogP contribution in [-0.4, -0.2) is 60.5 Å². The number of carbonyl (C=O) groups excluding carboxylic acids is 1.